The first-order chi connectivity index (χ1) is 9.53. The van der Waals surface area contributed by atoms with E-state index in [1.807, 2.05) is 12.1 Å². The fourth-order valence-corrected chi connectivity index (χ4v) is 3.08. The van der Waals surface area contributed by atoms with Crippen LogP contribution in [-0.2, 0) is 10.2 Å². The van der Waals surface area contributed by atoms with Crippen LogP contribution in [0.1, 0.15) is 19.4 Å². The zero-order valence-corrected chi connectivity index (χ0v) is 14.3. The Morgan fingerprint density at radius 3 is 2.62 bits per heavy atom. The van der Waals surface area contributed by atoms with Crippen molar-refractivity contribution in [3.8, 4) is 5.75 Å². The van der Waals surface area contributed by atoms with E-state index in [-0.39, 0.29) is 29.8 Å². The minimum Gasteiger partial charge on any atom is -0.497 e. The summed E-state index contributed by atoms with van der Waals surface area (Å²) in [7, 11) is 1.66. The lowest BCUT2D eigenvalue weighted by Crippen LogP contribution is -2.46. The molecule has 1 unspecified atom stereocenters. The monoisotopic (exact) mass is 330 g/mol. The van der Waals surface area contributed by atoms with Crippen LogP contribution in [0, 0.1) is 0 Å². The highest BCUT2D eigenvalue weighted by atomic mass is 35.5. The second-order valence-electron chi connectivity index (χ2n) is 5.60. The molecule has 4 nitrogen and oxygen atoms in total. The van der Waals surface area contributed by atoms with Crippen molar-refractivity contribution in [2.24, 2.45) is 0 Å². The number of amides is 1. The van der Waals surface area contributed by atoms with E-state index in [0.29, 0.717) is 6.54 Å². The average Bonchev–Trinajstić information content (AvgIpc) is 2.99. The lowest BCUT2D eigenvalue weighted by Gasteiger charge is -2.26. The molecular formula is C15H23ClN2O2S. The standard InChI is InChI=1S/C15H22N2O2S.ClH/c1-15(2,11-4-6-12(19-3)7-5-11)9-16-14(18)13-8-20-10-17-13;/h4-7,13,17H,8-10H2,1-3H3,(H,16,18);1H. The molecule has 1 fully saturated rings. The molecule has 1 heterocycles. The van der Waals surface area contributed by atoms with Crippen LogP contribution in [-0.4, -0.2) is 37.2 Å². The SMILES string of the molecule is COc1ccc(C(C)(C)CNC(=O)C2CSCN2)cc1.Cl. The minimum atomic E-state index is -0.103. The van der Waals surface area contributed by atoms with E-state index in [1.165, 1.54) is 5.56 Å². The molecule has 0 saturated carbocycles. The van der Waals surface area contributed by atoms with Gasteiger partial charge < -0.3 is 10.1 Å². The number of rotatable bonds is 5. The number of methoxy groups -OCH3 is 1. The zero-order chi connectivity index (χ0) is 14.6. The molecule has 21 heavy (non-hydrogen) atoms. The first kappa shape index (κ1) is 18.1. The molecule has 1 aliphatic heterocycles. The summed E-state index contributed by atoms with van der Waals surface area (Å²) in [6, 6.07) is 7.96. The van der Waals surface area contributed by atoms with Gasteiger partial charge in [0.25, 0.3) is 0 Å². The van der Waals surface area contributed by atoms with Crippen LogP contribution in [0.15, 0.2) is 24.3 Å². The molecule has 6 heteroatoms. The summed E-state index contributed by atoms with van der Waals surface area (Å²) in [4.78, 5) is 12.0. The van der Waals surface area contributed by atoms with Gasteiger partial charge in [0.1, 0.15) is 5.75 Å². The summed E-state index contributed by atoms with van der Waals surface area (Å²) >= 11 is 1.76. The van der Waals surface area contributed by atoms with Crippen LogP contribution in [0.2, 0.25) is 0 Å². The molecule has 2 N–H and O–H groups in total. The highest BCUT2D eigenvalue weighted by Crippen LogP contribution is 2.24. The number of ether oxygens (including phenoxy) is 1. The van der Waals surface area contributed by atoms with Crippen molar-refractivity contribution >= 4 is 30.1 Å². The van der Waals surface area contributed by atoms with Gasteiger partial charge in [0.15, 0.2) is 0 Å². The van der Waals surface area contributed by atoms with Gasteiger partial charge in [-0.05, 0) is 17.7 Å². The van der Waals surface area contributed by atoms with Gasteiger partial charge in [0.2, 0.25) is 5.91 Å². The van der Waals surface area contributed by atoms with Gasteiger partial charge in [0, 0.05) is 23.6 Å². The number of benzene rings is 1. The predicted octanol–water partition coefficient (Wildman–Crippen LogP) is 2.17. The Morgan fingerprint density at radius 2 is 2.10 bits per heavy atom. The maximum Gasteiger partial charge on any atom is 0.238 e. The van der Waals surface area contributed by atoms with E-state index < -0.39 is 0 Å². The van der Waals surface area contributed by atoms with Gasteiger partial charge in [-0.3, -0.25) is 10.1 Å². The van der Waals surface area contributed by atoms with Gasteiger partial charge >= 0.3 is 0 Å². The number of carbonyl (C=O) groups is 1. The average molecular weight is 331 g/mol. The molecule has 1 aliphatic rings. The number of hydrogen-bond donors (Lipinski definition) is 2. The molecule has 0 radical (unpaired) electrons. The lowest BCUT2D eigenvalue weighted by atomic mass is 9.84. The summed E-state index contributed by atoms with van der Waals surface area (Å²) in [5.41, 5.74) is 1.08. The molecular weight excluding hydrogens is 308 g/mol. The summed E-state index contributed by atoms with van der Waals surface area (Å²) in [6.07, 6.45) is 0. The van der Waals surface area contributed by atoms with Crippen LogP contribution in [0.4, 0.5) is 0 Å². The predicted molar refractivity (Wildman–Crippen MR) is 90.5 cm³/mol. The van der Waals surface area contributed by atoms with Crippen LogP contribution in [0.3, 0.4) is 0 Å². The smallest absolute Gasteiger partial charge is 0.238 e. The fourth-order valence-electron chi connectivity index (χ4n) is 2.14. The lowest BCUT2D eigenvalue weighted by molar-refractivity contribution is -0.122. The molecule has 1 aromatic carbocycles. The number of nitrogens with one attached hydrogen (secondary N) is 2. The van der Waals surface area contributed by atoms with Crippen LogP contribution in [0.5, 0.6) is 5.75 Å². The Hall–Kier alpha value is -0.910. The Morgan fingerprint density at radius 1 is 1.43 bits per heavy atom. The van der Waals surface area contributed by atoms with Gasteiger partial charge in [-0.2, -0.15) is 0 Å². The molecule has 0 bridgehead atoms. The largest absolute Gasteiger partial charge is 0.497 e. The Balaban J connectivity index is 0.00000220. The quantitative estimate of drug-likeness (QED) is 0.869. The summed E-state index contributed by atoms with van der Waals surface area (Å²) in [5, 5.41) is 6.23. The number of hydrogen-bond acceptors (Lipinski definition) is 4. The zero-order valence-electron chi connectivity index (χ0n) is 12.6. The molecule has 118 valence electrons. The second-order valence-corrected chi connectivity index (χ2v) is 6.63. The first-order valence-electron chi connectivity index (χ1n) is 6.76. The van der Waals surface area contributed by atoms with E-state index in [0.717, 1.165) is 17.4 Å². The third-order valence-electron chi connectivity index (χ3n) is 3.61. The van der Waals surface area contributed by atoms with E-state index in [9.17, 15) is 4.79 Å². The number of halogens is 1. The molecule has 1 atom stereocenters. The Labute approximate surface area is 136 Å². The van der Waals surface area contributed by atoms with E-state index in [2.05, 4.69) is 36.6 Å². The minimum absolute atomic E-state index is 0. The normalized spacial score (nSPS) is 18.0. The van der Waals surface area contributed by atoms with Gasteiger partial charge in [-0.15, -0.1) is 24.2 Å². The highest BCUT2D eigenvalue weighted by molar-refractivity contribution is 7.99. The highest BCUT2D eigenvalue weighted by Gasteiger charge is 2.26. The number of thioether (sulfide) groups is 1. The summed E-state index contributed by atoms with van der Waals surface area (Å²) in [5.74, 6) is 2.66. The van der Waals surface area contributed by atoms with Gasteiger partial charge in [-0.1, -0.05) is 26.0 Å². The Bertz CT molecular complexity index is 459. The Kier molecular flexibility index (Phi) is 6.84. The second kappa shape index (κ2) is 7.92. The van der Waals surface area contributed by atoms with Gasteiger partial charge in [0.05, 0.1) is 13.2 Å². The van der Waals surface area contributed by atoms with Gasteiger partial charge in [-0.25, -0.2) is 0 Å². The van der Waals surface area contributed by atoms with Crippen molar-refractivity contribution < 1.29 is 9.53 Å². The molecule has 1 saturated heterocycles. The summed E-state index contributed by atoms with van der Waals surface area (Å²) < 4.78 is 5.17. The molecule has 0 aliphatic carbocycles. The molecule has 0 spiro atoms. The topological polar surface area (TPSA) is 50.4 Å². The van der Waals surface area contributed by atoms with Crippen molar-refractivity contribution in [3.05, 3.63) is 29.8 Å². The van der Waals surface area contributed by atoms with E-state index in [4.69, 9.17) is 4.74 Å². The number of carbonyl (C=O) groups excluding carboxylic acids is 1. The van der Waals surface area contributed by atoms with Crippen LogP contribution in [0.25, 0.3) is 0 Å². The van der Waals surface area contributed by atoms with E-state index in [1.54, 1.807) is 18.9 Å². The fraction of sp³-hybridized carbons (Fsp3) is 0.533. The van der Waals surface area contributed by atoms with Crippen molar-refractivity contribution in [1.29, 1.82) is 0 Å². The van der Waals surface area contributed by atoms with Crippen molar-refractivity contribution in [2.75, 3.05) is 25.3 Å². The maximum atomic E-state index is 12.0. The third kappa shape index (κ3) is 4.80. The van der Waals surface area contributed by atoms with Crippen LogP contribution >= 0.6 is 24.2 Å². The van der Waals surface area contributed by atoms with Crippen LogP contribution < -0.4 is 15.4 Å². The van der Waals surface area contributed by atoms with E-state index >= 15 is 0 Å². The molecule has 1 amide bonds. The van der Waals surface area contributed by atoms with Crippen molar-refractivity contribution in [2.45, 2.75) is 25.3 Å². The molecule has 0 aromatic heterocycles. The third-order valence-corrected chi connectivity index (χ3v) is 4.55. The summed E-state index contributed by atoms with van der Waals surface area (Å²) in [6.45, 7) is 4.89. The van der Waals surface area contributed by atoms with Crippen molar-refractivity contribution in [1.82, 2.24) is 10.6 Å². The van der Waals surface area contributed by atoms with Crippen molar-refractivity contribution in [3.63, 3.8) is 0 Å². The molecule has 1 aromatic rings. The first-order valence-corrected chi connectivity index (χ1v) is 7.92. The maximum absolute atomic E-state index is 12.0. The molecule has 2 rings (SSSR count).